The van der Waals surface area contributed by atoms with Crippen molar-refractivity contribution in [2.75, 3.05) is 0 Å². The molecule has 0 radical (unpaired) electrons. The Kier molecular flexibility index (Phi) is 5.18. The Morgan fingerprint density at radius 3 is 2.88 bits per heavy atom. The van der Waals surface area contributed by atoms with Gasteiger partial charge in [-0.3, -0.25) is 14.5 Å². The molecule has 25 heavy (non-hydrogen) atoms. The van der Waals surface area contributed by atoms with E-state index in [0.29, 0.717) is 24.3 Å². The van der Waals surface area contributed by atoms with Gasteiger partial charge in [-0.05, 0) is 37.6 Å². The third-order valence-electron chi connectivity index (χ3n) is 3.81. The summed E-state index contributed by atoms with van der Waals surface area (Å²) in [4.78, 5) is 19.9. The van der Waals surface area contributed by atoms with E-state index in [2.05, 4.69) is 22.0 Å². The summed E-state index contributed by atoms with van der Waals surface area (Å²) in [6.07, 6.45) is 5.24. The largest absolute Gasteiger partial charge is 0.486 e. The molecule has 0 saturated carbocycles. The van der Waals surface area contributed by atoms with Crippen LogP contribution in [0.3, 0.4) is 0 Å². The van der Waals surface area contributed by atoms with E-state index in [1.807, 2.05) is 35.9 Å². The summed E-state index contributed by atoms with van der Waals surface area (Å²) in [5, 5.41) is 4.36. The number of nitrogens with zero attached hydrogens (tertiary/aromatic N) is 4. The van der Waals surface area contributed by atoms with Crippen LogP contribution in [-0.2, 0) is 13.2 Å². The Morgan fingerprint density at radius 2 is 2.08 bits per heavy atom. The van der Waals surface area contributed by atoms with Crippen LogP contribution >= 0.6 is 0 Å². The fourth-order valence-electron chi connectivity index (χ4n) is 2.64. The molecule has 3 heterocycles. The van der Waals surface area contributed by atoms with Crippen LogP contribution in [-0.4, -0.2) is 26.0 Å². The maximum Gasteiger partial charge on any atom is 0.172 e. The first kappa shape index (κ1) is 16.8. The number of carbonyl (C=O) groups is 1. The van der Waals surface area contributed by atoms with Crippen LogP contribution in [0, 0.1) is 6.92 Å². The second-order valence-electron chi connectivity index (χ2n) is 5.69. The highest BCUT2D eigenvalue weighted by Gasteiger charge is 2.13. The summed E-state index contributed by atoms with van der Waals surface area (Å²) < 4.78 is 7.78. The molecule has 0 N–H and O–H groups in total. The van der Waals surface area contributed by atoms with E-state index in [4.69, 9.17) is 4.74 Å². The molecule has 0 atom stereocenters. The van der Waals surface area contributed by atoms with Crippen LogP contribution in [0.1, 0.15) is 35.1 Å². The number of ether oxygens (including phenoxy) is 1. The van der Waals surface area contributed by atoms with Crippen molar-refractivity contribution in [2.45, 2.75) is 33.4 Å². The molecule has 0 fully saturated rings. The van der Waals surface area contributed by atoms with Gasteiger partial charge in [-0.15, -0.1) is 0 Å². The van der Waals surface area contributed by atoms with Gasteiger partial charge in [0.1, 0.15) is 18.1 Å². The number of carbonyl (C=O) groups excluding carboxylic acids is 1. The molecule has 6 heteroatoms. The first-order chi connectivity index (χ1) is 12.2. The van der Waals surface area contributed by atoms with Gasteiger partial charge in [-0.25, -0.2) is 4.98 Å². The van der Waals surface area contributed by atoms with Crippen molar-refractivity contribution < 1.29 is 9.53 Å². The highest BCUT2D eigenvalue weighted by Crippen LogP contribution is 2.23. The van der Waals surface area contributed by atoms with E-state index < -0.39 is 0 Å². The summed E-state index contributed by atoms with van der Waals surface area (Å²) in [5.41, 5.74) is 3.80. The highest BCUT2D eigenvalue weighted by atomic mass is 16.5. The monoisotopic (exact) mass is 336 g/mol. The highest BCUT2D eigenvalue weighted by molar-refractivity contribution is 5.76. The van der Waals surface area contributed by atoms with Crippen LogP contribution in [0.2, 0.25) is 0 Å². The molecule has 0 spiro atoms. The van der Waals surface area contributed by atoms with Gasteiger partial charge in [0.15, 0.2) is 6.29 Å². The lowest BCUT2D eigenvalue weighted by Gasteiger charge is -2.12. The number of rotatable bonds is 7. The van der Waals surface area contributed by atoms with E-state index in [1.54, 1.807) is 18.5 Å². The fourth-order valence-corrected chi connectivity index (χ4v) is 2.64. The van der Waals surface area contributed by atoms with Gasteiger partial charge in [-0.1, -0.05) is 13.0 Å². The predicted molar refractivity (Wildman–Crippen MR) is 94.4 cm³/mol. The lowest BCUT2D eigenvalue weighted by atomic mass is 10.1. The topological polar surface area (TPSA) is 69.9 Å². The zero-order valence-corrected chi connectivity index (χ0v) is 14.3. The quantitative estimate of drug-likeness (QED) is 0.618. The Balaban J connectivity index is 1.87. The number of aryl methyl sites for hydroxylation is 2. The van der Waals surface area contributed by atoms with Gasteiger partial charge in [0.2, 0.25) is 0 Å². The average molecular weight is 336 g/mol. The normalized spacial score (nSPS) is 10.6. The first-order valence-electron chi connectivity index (χ1n) is 8.24. The molecule has 128 valence electrons. The standard InChI is InChI=1S/C19H20N4O2/c1-3-11-23-17(8-10-21-23)19-15(5-4-9-20-19)13-25-18-7-6-14(2)22-16(18)12-24/h4-10,12H,3,11,13H2,1-2H3. The zero-order chi connectivity index (χ0) is 17.6. The molecule has 0 bridgehead atoms. The van der Waals surface area contributed by atoms with E-state index >= 15 is 0 Å². The molecule has 0 unspecified atom stereocenters. The number of hydrogen-bond donors (Lipinski definition) is 0. The number of pyridine rings is 2. The first-order valence-corrected chi connectivity index (χ1v) is 8.24. The van der Waals surface area contributed by atoms with Crippen molar-refractivity contribution in [3.8, 4) is 17.1 Å². The minimum Gasteiger partial charge on any atom is -0.486 e. The minimum atomic E-state index is 0.298. The Morgan fingerprint density at radius 1 is 1.20 bits per heavy atom. The van der Waals surface area contributed by atoms with Crippen molar-refractivity contribution in [2.24, 2.45) is 0 Å². The molecule has 0 aromatic carbocycles. The Hall–Kier alpha value is -3.02. The van der Waals surface area contributed by atoms with Gasteiger partial charge < -0.3 is 4.74 Å². The molecule has 0 saturated heterocycles. The fraction of sp³-hybridized carbons (Fsp3) is 0.263. The Bertz CT molecular complexity index is 873. The molecule has 3 aromatic heterocycles. The smallest absolute Gasteiger partial charge is 0.172 e. The van der Waals surface area contributed by atoms with Crippen LogP contribution in [0.5, 0.6) is 5.75 Å². The average Bonchev–Trinajstić information content (AvgIpc) is 3.09. The van der Waals surface area contributed by atoms with E-state index in [-0.39, 0.29) is 0 Å². The van der Waals surface area contributed by atoms with E-state index in [1.165, 1.54) is 0 Å². The maximum absolute atomic E-state index is 11.2. The summed E-state index contributed by atoms with van der Waals surface area (Å²) in [6, 6.07) is 9.38. The van der Waals surface area contributed by atoms with Gasteiger partial charge in [0.05, 0.1) is 11.4 Å². The van der Waals surface area contributed by atoms with E-state index in [9.17, 15) is 4.79 Å². The molecule has 6 nitrogen and oxygen atoms in total. The summed E-state index contributed by atoms with van der Waals surface area (Å²) in [5.74, 6) is 0.470. The molecular formula is C19H20N4O2. The third kappa shape index (κ3) is 3.74. The SMILES string of the molecule is CCCn1nccc1-c1ncccc1COc1ccc(C)nc1C=O. The molecule has 3 rings (SSSR count). The molecule has 3 aromatic rings. The molecule has 0 aliphatic carbocycles. The van der Waals surface area contributed by atoms with Gasteiger partial charge in [-0.2, -0.15) is 5.10 Å². The van der Waals surface area contributed by atoms with Crippen molar-refractivity contribution in [3.63, 3.8) is 0 Å². The number of aldehydes is 1. The second-order valence-corrected chi connectivity index (χ2v) is 5.69. The van der Waals surface area contributed by atoms with Gasteiger partial charge in [0, 0.05) is 30.2 Å². The zero-order valence-electron chi connectivity index (χ0n) is 14.3. The summed E-state index contributed by atoms with van der Waals surface area (Å²) in [6.45, 7) is 5.08. The molecule has 0 aliphatic rings. The molecule has 0 aliphatic heterocycles. The van der Waals surface area contributed by atoms with Crippen molar-refractivity contribution in [3.05, 3.63) is 59.7 Å². The van der Waals surface area contributed by atoms with E-state index in [0.717, 1.165) is 35.6 Å². The molecular weight excluding hydrogens is 316 g/mol. The minimum absolute atomic E-state index is 0.298. The lowest BCUT2D eigenvalue weighted by molar-refractivity contribution is 0.111. The van der Waals surface area contributed by atoms with Crippen molar-refractivity contribution >= 4 is 6.29 Å². The second kappa shape index (κ2) is 7.70. The van der Waals surface area contributed by atoms with Crippen molar-refractivity contribution in [1.29, 1.82) is 0 Å². The third-order valence-corrected chi connectivity index (χ3v) is 3.81. The van der Waals surface area contributed by atoms with Crippen LogP contribution in [0.15, 0.2) is 42.7 Å². The van der Waals surface area contributed by atoms with Crippen LogP contribution < -0.4 is 4.74 Å². The van der Waals surface area contributed by atoms with Gasteiger partial charge in [0.25, 0.3) is 0 Å². The summed E-state index contributed by atoms with van der Waals surface area (Å²) in [7, 11) is 0. The molecule has 0 amide bonds. The van der Waals surface area contributed by atoms with Crippen LogP contribution in [0.25, 0.3) is 11.4 Å². The summed E-state index contributed by atoms with van der Waals surface area (Å²) >= 11 is 0. The maximum atomic E-state index is 11.2. The van der Waals surface area contributed by atoms with Crippen LogP contribution in [0.4, 0.5) is 0 Å². The predicted octanol–water partition coefficient (Wildman–Crippen LogP) is 3.45. The van der Waals surface area contributed by atoms with Gasteiger partial charge >= 0.3 is 0 Å². The van der Waals surface area contributed by atoms with Crippen molar-refractivity contribution in [1.82, 2.24) is 19.7 Å². The number of aromatic nitrogens is 4. The lowest BCUT2D eigenvalue weighted by Crippen LogP contribution is -2.06. The number of hydrogen-bond acceptors (Lipinski definition) is 5. The Labute approximate surface area is 146 Å².